The summed E-state index contributed by atoms with van der Waals surface area (Å²) >= 11 is 12.5. The standard InChI is InChI=1S/C20H22Cl2N4O/c1-3-24(4-2)18-7-5-6-16-19(18)25-11-14(12-27)26(20(25)23-16)17-9-8-13(21)10-15(17)22/h5-10,14,27H,3-4,11-12H2,1-2H3. The van der Waals surface area contributed by atoms with Gasteiger partial charge >= 0.3 is 0 Å². The average molecular weight is 405 g/mol. The Balaban J connectivity index is 1.92. The minimum Gasteiger partial charge on any atom is -0.394 e. The number of benzene rings is 2. The molecule has 2 heterocycles. The molecule has 1 aliphatic heterocycles. The van der Waals surface area contributed by atoms with E-state index in [2.05, 4.69) is 29.4 Å². The normalized spacial score (nSPS) is 16.2. The third-order valence-corrected chi connectivity index (χ3v) is 5.72. The summed E-state index contributed by atoms with van der Waals surface area (Å²) in [5, 5.41) is 11.1. The number of aromatic nitrogens is 2. The molecule has 1 aromatic heterocycles. The van der Waals surface area contributed by atoms with Gasteiger partial charge in [-0.3, -0.25) is 0 Å². The Morgan fingerprint density at radius 3 is 2.63 bits per heavy atom. The maximum absolute atomic E-state index is 10.0. The van der Waals surface area contributed by atoms with E-state index in [0.717, 1.165) is 41.4 Å². The first-order valence-corrected chi connectivity index (χ1v) is 9.94. The molecule has 1 unspecified atom stereocenters. The summed E-state index contributed by atoms with van der Waals surface area (Å²) in [7, 11) is 0. The monoisotopic (exact) mass is 404 g/mol. The van der Waals surface area contributed by atoms with E-state index < -0.39 is 0 Å². The molecule has 1 aliphatic rings. The van der Waals surface area contributed by atoms with E-state index in [1.54, 1.807) is 6.07 Å². The van der Waals surface area contributed by atoms with Crippen molar-refractivity contribution in [2.24, 2.45) is 0 Å². The fraction of sp³-hybridized carbons (Fsp3) is 0.350. The molecule has 0 spiro atoms. The number of halogens is 2. The predicted octanol–water partition coefficient (Wildman–Crippen LogP) is 4.70. The van der Waals surface area contributed by atoms with Crippen LogP contribution in [-0.4, -0.2) is 40.4 Å². The summed E-state index contributed by atoms with van der Waals surface area (Å²) in [5.41, 5.74) is 4.01. The third kappa shape index (κ3) is 2.94. The van der Waals surface area contributed by atoms with Gasteiger partial charge in [0.2, 0.25) is 5.95 Å². The van der Waals surface area contributed by atoms with Gasteiger partial charge in [-0.1, -0.05) is 29.3 Å². The molecule has 4 rings (SSSR count). The van der Waals surface area contributed by atoms with Crippen LogP contribution in [0.4, 0.5) is 17.3 Å². The second kappa shape index (κ2) is 7.23. The highest BCUT2D eigenvalue weighted by molar-refractivity contribution is 6.36. The van der Waals surface area contributed by atoms with Gasteiger partial charge in [0.1, 0.15) is 0 Å². The maximum atomic E-state index is 10.0. The highest BCUT2D eigenvalue weighted by Gasteiger charge is 2.35. The smallest absolute Gasteiger partial charge is 0.211 e. The minimum atomic E-state index is -0.125. The van der Waals surface area contributed by atoms with E-state index in [-0.39, 0.29) is 12.6 Å². The van der Waals surface area contributed by atoms with Crippen molar-refractivity contribution in [2.45, 2.75) is 26.4 Å². The number of aliphatic hydroxyl groups is 1. The van der Waals surface area contributed by atoms with Crippen molar-refractivity contribution in [3.63, 3.8) is 0 Å². The number of hydrogen-bond donors (Lipinski definition) is 1. The van der Waals surface area contributed by atoms with Crippen molar-refractivity contribution in [2.75, 3.05) is 29.5 Å². The Kier molecular flexibility index (Phi) is 4.93. The Hall–Kier alpha value is -1.95. The highest BCUT2D eigenvalue weighted by atomic mass is 35.5. The first-order valence-electron chi connectivity index (χ1n) is 9.18. The molecule has 27 heavy (non-hydrogen) atoms. The first-order chi connectivity index (χ1) is 13.1. The zero-order valence-corrected chi connectivity index (χ0v) is 16.9. The lowest BCUT2D eigenvalue weighted by Gasteiger charge is -2.24. The van der Waals surface area contributed by atoms with E-state index in [4.69, 9.17) is 28.2 Å². The molecule has 3 aromatic rings. The van der Waals surface area contributed by atoms with Crippen molar-refractivity contribution in [1.82, 2.24) is 9.55 Å². The van der Waals surface area contributed by atoms with Crippen LogP contribution in [-0.2, 0) is 6.54 Å². The Bertz CT molecular complexity index is 984. The number of anilines is 3. The molecule has 0 saturated carbocycles. The number of hydrogen-bond acceptors (Lipinski definition) is 4. The molecule has 2 aromatic carbocycles. The summed E-state index contributed by atoms with van der Waals surface area (Å²) in [4.78, 5) is 9.23. The molecule has 1 N–H and O–H groups in total. The number of para-hydroxylation sites is 1. The molecule has 5 nitrogen and oxygen atoms in total. The Labute approximate surface area is 168 Å². The zero-order chi connectivity index (χ0) is 19.1. The molecule has 7 heteroatoms. The van der Waals surface area contributed by atoms with Crippen LogP contribution in [0.5, 0.6) is 0 Å². The molecule has 1 atom stereocenters. The fourth-order valence-electron chi connectivity index (χ4n) is 3.91. The predicted molar refractivity (Wildman–Crippen MR) is 113 cm³/mol. The minimum absolute atomic E-state index is 0.0112. The summed E-state index contributed by atoms with van der Waals surface area (Å²) in [5.74, 6) is 0.799. The lowest BCUT2D eigenvalue weighted by Crippen LogP contribution is -2.31. The van der Waals surface area contributed by atoms with Crippen LogP contribution in [0.1, 0.15) is 13.8 Å². The van der Waals surface area contributed by atoms with Gasteiger partial charge in [-0.05, 0) is 44.2 Å². The van der Waals surface area contributed by atoms with Crippen LogP contribution in [0.2, 0.25) is 10.0 Å². The van der Waals surface area contributed by atoms with Crippen molar-refractivity contribution in [1.29, 1.82) is 0 Å². The highest BCUT2D eigenvalue weighted by Crippen LogP contribution is 2.42. The first kappa shape index (κ1) is 18.4. The lowest BCUT2D eigenvalue weighted by atomic mass is 10.2. The van der Waals surface area contributed by atoms with Gasteiger partial charge in [0.15, 0.2) is 0 Å². The van der Waals surface area contributed by atoms with E-state index in [9.17, 15) is 5.11 Å². The number of nitrogens with zero attached hydrogens (tertiary/aromatic N) is 4. The van der Waals surface area contributed by atoms with E-state index in [0.29, 0.717) is 16.6 Å². The van der Waals surface area contributed by atoms with Crippen LogP contribution in [0, 0.1) is 0 Å². The summed E-state index contributed by atoms with van der Waals surface area (Å²) in [6.07, 6.45) is 0. The van der Waals surface area contributed by atoms with Gasteiger partial charge in [-0.25, -0.2) is 4.98 Å². The van der Waals surface area contributed by atoms with E-state index >= 15 is 0 Å². The molecule has 0 amide bonds. The lowest BCUT2D eigenvalue weighted by molar-refractivity contribution is 0.263. The zero-order valence-electron chi connectivity index (χ0n) is 15.4. The fourth-order valence-corrected chi connectivity index (χ4v) is 4.41. The maximum Gasteiger partial charge on any atom is 0.211 e. The molecule has 0 fully saturated rings. The number of imidazole rings is 1. The van der Waals surface area contributed by atoms with Crippen molar-refractivity contribution in [3.8, 4) is 0 Å². The SMILES string of the molecule is CCN(CC)c1cccc2nc3n(c12)CC(CO)N3c1ccc(Cl)cc1Cl. The largest absolute Gasteiger partial charge is 0.394 e. The summed E-state index contributed by atoms with van der Waals surface area (Å²) < 4.78 is 2.19. The van der Waals surface area contributed by atoms with Crippen LogP contribution in [0.3, 0.4) is 0 Å². The van der Waals surface area contributed by atoms with Gasteiger partial charge in [-0.15, -0.1) is 0 Å². The number of fused-ring (bicyclic) bond motifs is 3. The van der Waals surface area contributed by atoms with Crippen LogP contribution >= 0.6 is 23.2 Å². The summed E-state index contributed by atoms with van der Waals surface area (Å²) in [6.45, 7) is 6.81. The Morgan fingerprint density at radius 1 is 1.19 bits per heavy atom. The van der Waals surface area contributed by atoms with Crippen LogP contribution in [0.15, 0.2) is 36.4 Å². The molecule has 0 aliphatic carbocycles. The quantitative estimate of drug-likeness (QED) is 0.668. The molecule has 0 saturated heterocycles. The molecule has 0 radical (unpaired) electrons. The van der Waals surface area contributed by atoms with Gasteiger partial charge in [-0.2, -0.15) is 0 Å². The van der Waals surface area contributed by atoms with Crippen molar-refractivity contribution < 1.29 is 5.11 Å². The van der Waals surface area contributed by atoms with E-state index in [1.165, 1.54) is 0 Å². The summed E-state index contributed by atoms with van der Waals surface area (Å²) in [6, 6.07) is 11.5. The van der Waals surface area contributed by atoms with Crippen molar-refractivity contribution >= 4 is 51.6 Å². The van der Waals surface area contributed by atoms with Crippen LogP contribution < -0.4 is 9.80 Å². The second-order valence-corrected chi connectivity index (χ2v) is 7.49. The number of rotatable bonds is 5. The van der Waals surface area contributed by atoms with Gasteiger partial charge < -0.3 is 19.5 Å². The molecule has 0 bridgehead atoms. The van der Waals surface area contributed by atoms with Gasteiger partial charge in [0.25, 0.3) is 0 Å². The molecule has 142 valence electrons. The topological polar surface area (TPSA) is 44.5 Å². The van der Waals surface area contributed by atoms with Gasteiger partial charge in [0.05, 0.1) is 40.1 Å². The van der Waals surface area contributed by atoms with Crippen molar-refractivity contribution in [3.05, 3.63) is 46.4 Å². The average Bonchev–Trinajstić information content (AvgIpc) is 3.19. The molecular weight excluding hydrogens is 383 g/mol. The van der Waals surface area contributed by atoms with Crippen LogP contribution in [0.25, 0.3) is 11.0 Å². The Morgan fingerprint density at radius 2 is 1.96 bits per heavy atom. The second-order valence-electron chi connectivity index (χ2n) is 6.64. The van der Waals surface area contributed by atoms with Gasteiger partial charge in [0, 0.05) is 24.7 Å². The number of aliphatic hydroxyl groups excluding tert-OH is 1. The third-order valence-electron chi connectivity index (χ3n) is 5.18. The van der Waals surface area contributed by atoms with E-state index in [1.807, 2.05) is 29.2 Å². The molecular formula is C20H22Cl2N4O.